The highest BCUT2D eigenvalue weighted by Crippen LogP contribution is 2.39. The first-order valence-corrected chi connectivity index (χ1v) is 21.1. The van der Waals surface area contributed by atoms with Crippen LogP contribution < -0.4 is 15.0 Å². The zero-order chi connectivity index (χ0) is 40.1. The summed E-state index contributed by atoms with van der Waals surface area (Å²) in [7, 11) is 0. The summed E-state index contributed by atoms with van der Waals surface area (Å²) < 4.78 is 6.27. The van der Waals surface area contributed by atoms with Crippen molar-refractivity contribution in [3.63, 3.8) is 0 Å². The number of nitriles is 1. The molecule has 58 heavy (non-hydrogen) atoms. The summed E-state index contributed by atoms with van der Waals surface area (Å²) in [5, 5.41) is 11.8. The van der Waals surface area contributed by atoms with Crippen molar-refractivity contribution in [3.05, 3.63) is 93.5 Å². The second kappa shape index (κ2) is 15.8. The molecule has 5 saturated heterocycles. The number of fused-ring (bicyclic) bond motifs is 3. The van der Waals surface area contributed by atoms with Crippen LogP contribution in [-0.2, 0) is 9.59 Å². The lowest BCUT2D eigenvalue weighted by Gasteiger charge is -2.39. The quantitative estimate of drug-likeness (QED) is 0.275. The first kappa shape index (κ1) is 38.3. The normalized spacial score (nSPS) is 25.5. The Hall–Kier alpha value is -5.25. The molecule has 3 aromatic carbocycles. The summed E-state index contributed by atoms with van der Waals surface area (Å²) in [5.74, 6) is -0.118. The van der Waals surface area contributed by atoms with Crippen molar-refractivity contribution >= 4 is 46.8 Å². The average Bonchev–Trinajstić information content (AvgIpc) is 3.65. The number of imide groups is 2. The molecule has 3 aromatic rings. The Morgan fingerprint density at radius 1 is 0.810 bits per heavy atom. The van der Waals surface area contributed by atoms with Crippen molar-refractivity contribution in [2.24, 2.45) is 5.92 Å². The van der Waals surface area contributed by atoms with Crippen molar-refractivity contribution in [3.8, 4) is 11.8 Å². The molecule has 0 saturated carbocycles. The van der Waals surface area contributed by atoms with E-state index in [0.29, 0.717) is 39.3 Å². The van der Waals surface area contributed by atoms with E-state index < -0.39 is 23.8 Å². The van der Waals surface area contributed by atoms with Crippen LogP contribution >= 0.6 is 11.6 Å². The maximum Gasteiger partial charge on any atom is 0.262 e. The summed E-state index contributed by atoms with van der Waals surface area (Å²) in [6.45, 7) is 4.89. The summed E-state index contributed by atoms with van der Waals surface area (Å²) in [5.41, 5.74) is 4.01. The Balaban J connectivity index is 0.730. The Kier molecular flexibility index (Phi) is 10.4. The number of carbonyl (C=O) groups is 5. The molecule has 0 radical (unpaired) electrons. The molecule has 9 rings (SSSR count). The van der Waals surface area contributed by atoms with Crippen LogP contribution in [0.3, 0.4) is 0 Å². The van der Waals surface area contributed by atoms with Crippen LogP contribution in [0.1, 0.15) is 112 Å². The molecule has 12 nitrogen and oxygen atoms in total. The minimum atomic E-state index is -0.966. The van der Waals surface area contributed by atoms with Gasteiger partial charge >= 0.3 is 0 Å². The number of anilines is 1. The van der Waals surface area contributed by atoms with E-state index in [1.165, 1.54) is 5.56 Å². The second-order valence-corrected chi connectivity index (χ2v) is 17.3. The van der Waals surface area contributed by atoms with Gasteiger partial charge in [-0.05, 0) is 118 Å². The Bertz CT molecular complexity index is 2180. The third kappa shape index (κ3) is 7.35. The third-order valence-corrected chi connectivity index (χ3v) is 13.7. The van der Waals surface area contributed by atoms with Crippen LogP contribution in [0.4, 0.5) is 5.69 Å². The lowest BCUT2D eigenvalue weighted by atomic mass is 9.87. The van der Waals surface area contributed by atoms with Gasteiger partial charge in [-0.15, -0.1) is 0 Å². The monoisotopic (exact) mass is 802 g/mol. The number of halogens is 1. The molecule has 6 heterocycles. The maximum absolute atomic E-state index is 13.8. The van der Waals surface area contributed by atoms with Crippen molar-refractivity contribution in [2.75, 3.05) is 37.6 Å². The van der Waals surface area contributed by atoms with Crippen LogP contribution in [-0.4, -0.2) is 101 Å². The number of hydrogen-bond donors (Lipinski definition) is 1. The number of carbonyl (C=O) groups excluding carboxylic acids is 5. The number of piperidine rings is 4. The average molecular weight is 803 g/mol. The van der Waals surface area contributed by atoms with Gasteiger partial charge in [-0.25, -0.2) is 0 Å². The van der Waals surface area contributed by atoms with E-state index in [9.17, 15) is 29.2 Å². The molecular weight excluding hydrogens is 756 g/mol. The number of nitrogens with one attached hydrogen (secondary N) is 1. The van der Waals surface area contributed by atoms with Crippen LogP contribution in [0.2, 0.25) is 5.02 Å². The molecule has 6 aliphatic rings. The molecule has 5 amide bonds. The molecular formula is C45H47ClN6O6. The standard InChI is InChI=1S/C45H47ClN6O6/c46-39-24-35(9-5-31(39)25-47)58-36-21-33-6-7-34(22-36)51(33)43(55)30-3-1-28(2-4-30)29-15-17-49(18-16-29)26-27-13-19-50(20-14-27)32-8-10-37-38(23-32)45(57)52(44(37)56)40-11-12-41(53)48-42(40)54/h1-5,8-10,23-24,27,29,33-34,36,40H,6-7,11-22,26H2,(H,48,53,54)/t33-,34+,36+,40?. The largest absolute Gasteiger partial charge is 0.490 e. The van der Waals surface area contributed by atoms with E-state index >= 15 is 0 Å². The van der Waals surface area contributed by atoms with Crippen LogP contribution in [0.15, 0.2) is 60.7 Å². The van der Waals surface area contributed by atoms with Gasteiger partial charge in [-0.1, -0.05) is 23.7 Å². The summed E-state index contributed by atoms with van der Waals surface area (Å²) in [6.07, 6.45) is 8.03. The summed E-state index contributed by atoms with van der Waals surface area (Å²) >= 11 is 6.23. The van der Waals surface area contributed by atoms with Crippen LogP contribution in [0.5, 0.6) is 5.75 Å². The predicted octanol–water partition coefficient (Wildman–Crippen LogP) is 5.92. The van der Waals surface area contributed by atoms with Gasteiger partial charge in [0.15, 0.2) is 0 Å². The van der Waals surface area contributed by atoms with E-state index in [1.54, 1.807) is 30.3 Å². The van der Waals surface area contributed by atoms with Gasteiger partial charge in [0.25, 0.3) is 17.7 Å². The van der Waals surface area contributed by atoms with Crippen molar-refractivity contribution in [1.82, 2.24) is 20.0 Å². The predicted molar refractivity (Wildman–Crippen MR) is 216 cm³/mol. The molecule has 1 N–H and O–H groups in total. The number of amides is 5. The van der Waals surface area contributed by atoms with Gasteiger partial charge in [0, 0.05) is 68.3 Å². The highest BCUT2D eigenvalue weighted by atomic mass is 35.5. The summed E-state index contributed by atoms with van der Waals surface area (Å²) in [4.78, 5) is 72.3. The number of benzene rings is 3. The topological polar surface area (TPSA) is 143 Å². The molecule has 4 atom stereocenters. The van der Waals surface area contributed by atoms with Gasteiger partial charge in [0.1, 0.15) is 24.0 Å². The zero-order valence-corrected chi connectivity index (χ0v) is 33.2. The van der Waals surface area contributed by atoms with Gasteiger partial charge in [0.05, 0.1) is 21.7 Å². The number of ether oxygens (including phenoxy) is 1. The molecule has 1 unspecified atom stereocenters. The van der Waals surface area contributed by atoms with Gasteiger partial charge in [0.2, 0.25) is 11.8 Å². The third-order valence-electron chi connectivity index (χ3n) is 13.4. The Morgan fingerprint density at radius 3 is 2.19 bits per heavy atom. The smallest absolute Gasteiger partial charge is 0.262 e. The van der Waals surface area contributed by atoms with Gasteiger partial charge in [-0.2, -0.15) is 5.26 Å². The SMILES string of the molecule is N#Cc1ccc(O[C@H]2C[C@H]3CC[C@@H](C2)N3C(=O)c2ccc(C3CCN(CC4CCN(c5ccc6c(c5)C(=O)N(C5CCC(=O)NC5=O)C6=O)CC4)CC3)cc2)cc1Cl. The number of likely N-dealkylation sites (tertiary alicyclic amines) is 1. The van der Waals surface area contributed by atoms with Crippen LogP contribution in [0.25, 0.3) is 0 Å². The van der Waals surface area contributed by atoms with Crippen molar-refractivity contribution in [2.45, 2.75) is 94.4 Å². The zero-order valence-electron chi connectivity index (χ0n) is 32.4. The van der Waals surface area contributed by atoms with Crippen LogP contribution in [0, 0.1) is 17.2 Å². The lowest BCUT2D eigenvalue weighted by molar-refractivity contribution is -0.136. The molecule has 0 aromatic heterocycles. The van der Waals surface area contributed by atoms with E-state index in [2.05, 4.69) is 38.2 Å². The van der Waals surface area contributed by atoms with E-state index in [4.69, 9.17) is 16.3 Å². The lowest BCUT2D eigenvalue weighted by Crippen LogP contribution is -2.54. The summed E-state index contributed by atoms with van der Waals surface area (Å²) in [6, 6.07) is 20.3. The number of hydrogen-bond acceptors (Lipinski definition) is 9. The fraction of sp³-hybridized carbons (Fsp3) is 0.467. The minimum Gasteiger partial charge on any atom is -0.490 e. The van der Waals surface area contributed by atoms with Crippen molar-refractivity contribution in [1.29, 1.82) is 5.26 Å². The molecule has 2 bridgehead atoms. The Morgan fingerprint density at radius 2 is 1.52 bits per heavy atom. The number of rotatable bonds is 8. The Labute approximate surface area is 343 Å². The van der Waals surface area contributed by atoms with E-state index in [0.717, 1.165) is 100 Å². The molecule has 300 valence electrons. The maximum atomic E-state index is 13.8. The molecule has 6 aliphatic heterocycles. The first-order valence-electron chi connectivity index (χ1n) is 20.8. The second-order valence-electron chi connectivity index (χ2n) is 16.9. The van der Waals surface area contributed by atoms with Gasteiger partial charge < -0.3 is 19.4 Å². The molecule has 0 spiro atoms. The van der Waals surface area contributed by atoms with Crippen molar-refractivity contribution < 1.29 is 28.7 Å². The molecule has 13 heteroatoms. The minimum absolute atomic E-state index is 0.00660. The highest BCUT2D eigenvalue weighted by molar-refractivity contribution is 6.31. The fourth-order valence-electron chi connectivity index (χ4n) is 10.3. The van der Waals surface area contributed by atoms with E-state index in [-0.39, 0.29) is 42.8 Å². The highest BCUT2D eigenvalue weighted by Gasteiger charge is 2.46. The number of nitrogens with zero attached hydrogens (tertiary/aromatic N) is 5. The van der Waals surface area contributed by atoms with Gasteiger partial charge in [-0.3, -0.25) is 34.2 Å². The molecule has 0 aliphatic carbocycles. The molecule has 5 fully saturated rings. The van der Waals surface area contributed by atoms with E-state index in [1.807, 2.05) is 18.2 Å². The fourth-order valence-corrected chi connectivity index (χ4v) is 10.5. The first-order chi connectivity index (χ1) is 28.1.